The number of fused-ring (bicyclic) bond motifs is 2. The second kappa shape index (κ2) is 5.88. The predicted octanol–water partition coefficient (Wildman–Crippen LogP) is 3.26. The maximum atomic E-state index is 5.01. The summed E-state index contributed by atoms with van der Waals surface area (Å²) in [7, 11) is 2.22. The zero-order chi connectivity index (χ0) is 14.9. The van der Waals surface area contributed by atoms with Crippen LogP contribution < -0.4 is 4.90 Å². The van der Waals surface area contributed by atoms with E-state index in [1.807, 2.05) is 0 Å². The molecule has 0 unspecified atom stereocenters. The normalized spacial score (nSPS) is 20.0. The van der Waals surface area contributed by atoms with Crippen LogP contribution in [0.25, 0.3) is 10.9 Å². The summed E-state index contributed by atoms with van der Waals surface area (Å²) in [6.07, 6.45) is 6.30. The lowest BCUT2D eigenvalue weighted by Crippen LogP contribution is -2.45. The minimum Gasteiger partial charge on any atom is -0.368 e. The van der Waals surface area contributed by atoms with Crippen molar-refractivity contribution in [3.63, 3.8) is 0 Å². The van der Waals surface area contributed by atoms with E-state index in [4.69, 9.17) is 4.98 Å². The lowest BCUT2D eigenvalue weighted by Gasteiger charge is -2.36. The molecule has 2 aliphatic rings. The molecule has 2 aromatic rings. The second-order valence-electron chi connectivity index (χ2n) is 6.75. The number of anilines is 1. The molecular weight excluding hydrogens is 270 g/mol. The monoisotopic (exact) mass is 295 g/mol. The molecule has 116 valence electrons. The number of nitrogens with zero attached hydrogens (tertiary/aromatic N) is 3. The number of aryl methyl sites for hydroxylation is 1. The first-order valence-electron chi connectivity index (χ1n) is 8.67. The Morgan fingerprint density at radius 2 is 1.68 bits per heavy atom. The smallest absolute Gasteiger partial charge is 0.0726 e. The van der Waals surface area contributed by atoms with Crippen molar-refractivity contribution in [3.05, 3.63) is 35.5 Å². The lowest BCUT2D eigenvalue weighted by molar-refractivity contribution is 0.313. The molecule has 0 saturated carbocycles. The molecule has 0 spiro atoms. The van der Waals surface area contributed by atoms with Crippen LogP contribution >= 0.6 is 0 Å². The summed E-state index contributed by atoms with van der Waals surface area (Å²) in [5.41, 5.74) is 5.58. The molecule has 4 rings (SSSR count). The van der Waals surface area contributed by atoms with Gasteiger partial charge in [0, 0.05) is 37.3 Å². The molecule has 1 aliphatic carbocycles. The van der Waals surface area contributed by atoms with Gasteiger partial charge in [0.1, 0.15) is 0 Å². The Labute approximate surface area is 132 Å². The SMILES string of the molecule is CN1CCN(c2c3c(nc4ccccc24)CCCCC3)CC1. The maximum Gasteiger partial charge on any atom is 0.0726 e. The number of benzene rings is 1. The van der Waals surface area contributed by atoms with Crippen LogP contribution in [0.4, 0.5) is 5.69 Å². The molecule has 1 fully saturated rings. The average Bonchev–Trinajstić information content (AvgIpc) is 2.79. The predicted molar refractivity (Wildman–Crippen MR) is 92.7 cm³/mol. The molecular formula is C19H25N3. The number of aromatic nitrogens is 1. The fourth-order valence-electron chi connectivity index (χ4n) is 3.92. The number of piperazine rings is 1. The van der Waals surface area contributed by atoms with Crippen LogP contribution in [-0.4, -0.2) is 43.1 Å². The molecule has 0 radical (unpaired) electrons. The molecule has 0 atom stereocenters. The summed E-state index contributed by atoms with van der Waals surface area (Å²) >= 11 is 0. The number of hydrogen-bond donors (Lipinski definition) is 0. The molecule has 0 amide bonds. The van der Waals surface area contributed by atoms with Crippen molar-refractivity contribution in [1.82, 2.24) is 9.88 Å². The first kappa shape index (κ1) is 14.0. The molecule has 1 aromatic carbocycles. The van der Waals surface area contributed by atoms with Gasteiger partial charge in [-0.2, -0.15) is 0 Å². The van der Waals surface area contributed by atoms with Crippen LogP contribution in [-0.2, 0) is 12.8 Å². The van der Waals surface area contributed by atoms with E-state index in [1.54, 1.807) is 5.56 Å². The van der Waals surface area contributed by atoms with Gasteiger partial charge in [-0.25, -0.2) is 0 Å². The third kappa shape index (κ3) is 2.48. The Morgan fingerprint density at radius 3 is 2.55 bits per heavy atom. The van der Waals surface area contributed by atoms with Crippen molar-refractivity contribution in [2.45, 2.75) is 32.1 Å². The van der Waals surface area contributed by atoms with Crippen LogP contribution in [0.5, 0.6) is 0 Å². The van der Waals surface area contributed by atoms with E-state index in [0.717, 1.165) is 32.6 Å². The second-order valence-corrected chi connectivity index (χ2v) is 6.75. The minimum atomic E-state index is 1.14. The molecule has 0 bridgehead atoms. The Hall–Kier alpha value is -1.61. The van der Waals surface area contributed by atoms with Gasteiger partial charge < -0.3 is 9.80 Å². The number of para-hydroxylation sites is 1. The van der Waals surface area contributed by atoms with E-state index in [0.29, 0.717) is 0 Å². The van der Waals surface area contributed by atoms with E-state index in [2.05, 4.69) is 41.1 Å². The standard InChI is InChI=1S/C19H25N3/c1-21-11-13-22(14-12-21)19-15-7-3-2-4-9-17(15)20-18-10-6-5-8-16(18)19/h5-6,8,10H,2-4,7,9,11-14H2,1H3. The van der Waals surface area contributed by atoms with Crippen molar-refractivity contribution in [2.75, 3.05) is 38.1 Å². The lowest BCUT2D eigenvalue weighted by atomic mass is 10.0. The van der Waals surface area contributed by atoms with E-state index in [1.165, 1.54) is 48.0 Å². The molecule has 1 aromatic heterocycles. The van der Waals surface area contributed by atoms with Crippen molar-refractivity contribution in [3.8, 4) is 0 Å². The quantitative estimate of drug-likeness (QED) is 0.753. The highest BCUT2D eigenvalue weighted by Crippen LogP contribution is 2.35. The van der Waals surface area contributed by atoms with E-state index < -0.39 is 0 Å². The van der Waals surface area contributed by atoms with Crippen LogP contribution in [0.1, 0.15) is 30.5 Å². The van der Waals surface area contributed by atoms with Crippen LogP contribution in [0, 0.1) is 0 Å². The Morgan fingerprint density at radius 1 is 0.909 bits per heavy atom. The van der Waals surface area contributed by atoms with Gasteiger partial charge in [0.2, 0.25) is 0 Å². The highest BCUT2D eigenvalue weighted by Gasteiger charge is 2.23. The van der Waals surface area contributed by atoms with Gasteiger partial charge in [0.25, 0.3) is 0 Å². The van der Waals surface area contributed by atoms with Gasteiger partial charge in [-0.15, -0.1) is 0 Å². The van der Waals surface area contributed by atoms with Crippen molar-refractivity contribution < 1.29 is 0 Å². The summed E-state index contributed by atoms with van der Waals surface area (Å²) in [5.74, 6) is 0. The Balaban J connectivity index is 1.88. The fourth-order valence-corrected chi connectivity index (χ4v) is 3.92. The van der Waals surface area contributed by atoms with Crippen LogP contribution in [0.3, 0.4) is 0 Å². The summed E-state index contributed by atoms with van der Waals surface area (Å²) < 4.78 is 0. The first-order valence-corrected chi connectivity index (χ1v) is 8.67. The van der Waals surface area contributed by atoms with Crippen LogP contribution in [0.2, 0.25) is 0 Å². The number of pyridine rings is 1. The molecule has 1 aliphatic heterocycles. The molecule has 3 heteroatoms. The topological polar surface area (TPSA) is 19.4 Å². The zero-order valence-electron chi connectivity index (χ0n) is 13.5. The molecule has 1 saturated heterocycles. The molecule has 3 nitrogen and oxygen atoms in total. The highest BCUT2D eigenvalue weighted by atomic mass is 15.2. The number of hydrogen-bond acceptors (Lipinski definition) is 3. The summed E-state index contributed by atoms with van der Waals surface area (Å²) in [4.78, 5) is 10.1. The minimum absolute atomic E-state index is 1.14. The summed E-state index contributed by atoms with van der Waals surface area (Å²) in [5, 5.41) is 1.35. The van der Waals surface area contributed by atoms with Gasteiger partial charge in [-0.1, -0.05) is 24.6 Å². The largest absolute Gasteiger partial charge is 0.368 e. The molecule has 22 heavy (non-hydrogen) atoms. The van der Waals surface area contributed by atoms with Crippen molar-refractivity contribution in [2.24, 2.45) is 0 Å². The number of rotatable bonds is 1. The third-order valence-corrected chi connectivity index (χ3v) is 5.21. The molecule has 2 heterocycles. The van der Waals surface area contributed by atoms with Crippen LogP contribution in [0.15, 0.2) is 24.3 Å². The van der Waals surface area contributed by atoms with Gasteiger partial charge in [-0.05, 0) is 44.4 Å². The Bertz CT molecular complexity index is 672. The zero-order valence-corrected chi connectivity index (χ0v) is 13.5. The summed E-state index contributed by atoms with van der Waals surface area (Å²) in [6.45, 7) is 4.59. The average molecular weight is 295 g/mol. The third-order valence-electron chi connectivity index (χ3n) is 5.21. The van der Waals surface area contributed by atoms with Gasteiger partial charge >= 0.3 is 0 Å². The highest BCUT2D eigenvalue weighted by molar-refractivity contribution is 5.94. The van der Waals surface area contributed by atoms with E-state index >= 15 is 0 Å². The fraction of sp³-hybridized carbons (Fsp3) is 0.526. The van der Waals surface area contributed by atoms with E-state index in [-0.39, 0.29) is 0 Å². The first-order chi connectivity index (χ1) is 10.8. The van der Waals surface area contributed by atoms with Crippen molar-refractivity contribution >= 4 is 16.6 Å². The molecule has 0 N–H and O–H groups in total. The van der Waals surface area contributed by atoms with Crippen molar-refractivity contribution in [1.29, 1.82) is 0 Å². The Kier molecular flexibility index (Phi) is 3.75. The van der Waals surface area contributed by atoms with E-state index in [9.17, 15) is 0 Å². The van der Waals surface area contributed by atoms with Gasteiger partial charge in [-0.3, -0.25) is 4.98 Å². The van der Waals surface area contributed by atoms with Gasteiger partial charge in [0.15, 0.2) is 0 Å². The summed E-state index contributed by atoms with van der Waals surface area (Å²) in [6, 6.07) is 8.72. The van der Waals surface area contributed by atoms with Gasteiger partial charge in [0.05, 0.1) is 11.2 Å². The maximum absolute atomic E-state index is 5.01. The number of likely N-dealkylation sites (N-methyl/N-ethyl adjacent to an activating group) is 1.